The first-order valence-corrected chi connectivity index (χ1v) is 7.22. The smallest absolute Gasteiger partial charge is 0.232 e. The van der Waals surface area contributed by atoms with Crippen LogP contribution in [0.4, 0.5) is 4.39 Å². The van der Waals surface area contributed by atoms with E-state index in [2.05, 4.69) is 25.9 Å². The average Bonchev–Trinajstić information content (AvgIpc) is 2.82. The number of rotatable bonds is 2. The molecule has 0 N–H and O–H groups in total. The van der Waals surface area contributed by atoms with Crippen LogP contribution < -0.4 is 4.74 Å². The molecule has 96 valence electrons. The van der Waals surface area contributed by atoms with Crippen LogP contribution in [0.5, 0.6) is 11.6 Å². The van der Waals surface area contributed by atoms with Crippen molar-refractivity contribution in [1.82, 2.24) is 9.97 Å². The van der Waals surface area contributed by atoms with Crippen LogP contribution in [0.15, 0.2) is 34.1 Å². The van der Waals surface area contributed by atoms with Gasteiger partial charge in [0, 0.05) is 4.47 Å². The van der Waals surface area contributed by atoms with Gasteiger partial charge in [0.05, 0.1) is 5.39 Å². The van der Waals surface area contributed by atoms with Gasteiger partial charge >= 0.3 is 0 Å². The summed E-state index contributed by atoms with van der Waals surface area (Å²) in [5, 5.41) is 2.62. The Labute approximate surface area is 125 Å². The molecule has 3 nitrogen and oxygen atoms in total. The minimum atomic E-state index is -0.471. The molecule has 0 aliphatic heterocycles. The number of hydrogen-bond acceptors (Lipinski definition) is 4. The molecule has 2 aromatic heterocycles. The normalized spacial score (nSPS) is 10.9. The third-order valence-corrected chi connectivity index (χ3v) is 3.83. The van der Waals surface area contributed by atoms with Crippen LogP contribution in [0.25, 0.3) is 10.2 Å². The first-order valence-electron chi connectivity index (χ1n) is 5.17. The zero-order valence-corrected chi connectivity index (χ0v) is 12.4. The Hall–Kier alpha value is -1.24. The summed E-state index contributed by atoms with van der Waals surface area (Å²) in [6.07, 6.45) is 0. The molecule has 0 saturated carbocycles. The molecule has 19 heavy (non-hydrogen) atoms. The van der Waals surface area contributed by atoms with Crippen LogP contribution in [0, 0.1) is 5.82 Å². The third kappa shape index (κ3) is 2.56. The molecular formula is C12H5BrClFN2OS. The highest BCUT2D eigenvalue weighted by Crippen LogP contribution is 2.33. The summed E-state index contributed by atoms with van der Waals surface area (Å²) in [6.45, 7) is 0. The molecule has 1 aromatic carbocycles. The second kappa shape index (κ2) is 5.03. The number of hydrogen-bond donors (Lipinski definition) is 0. The lowest BCUT2D eigenvalue weighted by molar-refractivity contribution is 0.431. The van der Waals surface area contributed by atoms with Gasteiger partial charge in [0.25, 0.3) is 0 Å². The zero-order valence-electron chi connectivity index (χ0n) is 9.23. The molecule has 0 aliphatic carbocycles. The maximum absolute atomic E-state index is 13.7. The van der Waals surface area contributed by atoms with Crippen molar-refractivity contribution in [3.8, 4) is 11.6 Å². The number of aromatic nitrogens is 2. The molecule has 3 aromatic rings. The quantitative estimate of drug-likeness (QED) is 0.601. The van der Waals surface area contributed by atoms with Gasteiger partial charge in [0.1, 0.15) is 4.83 Å². The number of ether oxygens (including phenoxy) is 1. The fourth-order valence-electron chi connectivity index (χ4n) is 1.54. The molecule has 0 aliphatic rings. The van der Waals surface area contributed by atoms with Crippen LogP contribution in [-0.2, 0) is 0 Å². The van der Waals surface area contributed by atoms with Crippen LogP contribution in [-0.4, -0.2) is 9.97 Å². The summed E-state index contributed by atoms with van der Waals surface area (Å²) >= 11 is 10.5. The first-order chi connectivity index (χ1) is 9.13. The zero-order chi connectivity index (χ0) is 13.4. The lowest BCUT2D eigenvalue weighted by Gasteiger charge is -2.07. The van der Waals surface area contributed by atoms with E-state index in [1.807, 2.05) is 11.4 Å². The lowest BCUT2D eigenvalue weighted by atomic mass is 10.3. The largest absolute Gasteiger partial charge is 0.435 e. The fraction of sp³-hybridized carbons (Fsp3) is 0. The third-order valence-electron chi connectivity index (χ3n) is 2.36. The summed E-state index contributed by atoms with van der Waals surface area (Å²) in [7, 11) is 0. The minimum absolute atomic E-state index is 0.0698. The van der Waals surface area contributed by atoms with Crippen LogP contribution in [0.1, 0.15) is 0 Å². The Kier molecular flexibility index (Phi) is 3.38. The van der Waals surface area contributed by atoms with Crippen LogP contribution >= 0.6 is 38.9 Å². The molecule has 2 heterocycles. The molecule has 0 bridgehead atoms. The van der Waals surface area contributed by atoms with E-state index in [0.29, 0.717) is 14.7 Å². The Morgan fingerprint density at radius 1 is 1.26 bits per heavy atom. The van der Waals surface area contributed by atoms with Gasteiger partial charge in [-0.3, -0.25) is 0 Å². The molecule has 7 heteroatoms. The molecule has 3 rings (SSSR count). The molecule has 0 amide bonds. The second-order valence-corrected chi connectivity index (χ2v) is 5.76. The van der Waals surface area contributed by atoms with E-state index in [1.54, 1.807) is 6.07 Å². The van der Waals surface area contributed by atoms with Crippen molar-refractivity contribution in [1.29, 1.82) is 0 Å². The SMILES string of the molecule is Fc1ccc(Br)cc1Oc1nc(Cl)nc2sccc12. The first kappa shape index (κ1) is 12.8. The van der Waals surface area contributed by atoms with Gasteiger partial charge in [0.15, 0.2) is 11.6 Å². The molecule has 0 spiro atoms. The van der Waals surface area contributed by atoms with Crippen molar-refractivity contribution in [2.45, 2.75) is 0 Å². The van der Waals surface area contributed by atoms with Crippen molar-refractivity contribution < 1.29 is 9.13 Å². The fourth-order valence-corrected chi connectivity index (χ4v) is 2.85. The molecule has 0 radical (unpaired) electrons. The number of nitrogens with zero attached hydrogens (tertiary/aromatic N) is 2. The molecule has 0 unspecified atom stereocenters. The van der Waals surface area contributed by atoms with E-state index >= 15 is 0 Å². The van der Waals surface area contributed by atoms with Crippen LogP contribution in [0.2, 0.25) is 5.28 Å². The summed E-state index contributed by atoms with van der Waals surface area (Å²) in [5.74, 6) is -0.147. The minimum Gasteiger partial charge on any atom is -0.435 e. The van der Waals surface area contributed by atoms with Crippen molar-refractivity contribution in [3.63, 3.8) is 0 Å². The Balaban J connectivity index is 2.10. The topological polar surface area (TPSA) is 35.0 Å². The van der Waals surface area contributed by atoms with Gasteiger partial charge in [-0.25, -0.2) is 9.37 Å². The maximum atomic E-state index is 13.7. The van der Waals surface area contributed by atoms with Gasteiger partial charge in [0.2, 0.25) is 11.2 Å². The average molecular weight is 360 g/mol. The Morgan fingerprint density at radius 2 is 2.11 bits per heavy atom. The van der Waals surface area contributed by atoms with Gasteiger partial charge in [-0.05, 0) is 41.2 Å². The summed E-state index contributed by atoms with van der Waals surface area (Å²) in [4.78, 5) is 8.76. The maximum Gasteiger partial charge on any atom is 0.232 e. The monoisotopic (exact) mass is 358 g/mol. The van der Waals surface area contributed by atoms with E-state index in [0.717, 1.165) is 0 Å². The molecular weight excluding hydrogens is 355 g/mol. The summed E-state index contributed by atoms with van der Waals surface area (Å²) in [5.41, 5.74) is 0. The van der Waals surface area contributed by atoms with Crippen LogP contribution in [0.3, 0.4) is 0 Å². The van der Waals surface area contributed by atoms with Gasteiger partial charge in [-0.2, -0.15) is 4.98 Å². The number of thiophene rings is 1. The lowest BCUT2D eigenvalue weighted by Crippen LogP contribution is -1.93. The highest BCUT2D eigenvalue weighted by atomic mass is 79.9. The van der Waals surface area contributed by atoms with Gasteiger partial charge in [-0.1, -0.05) is 15.9 Å². The van der Waals surface area contributed by atoms with E-state index in [4.69, 9.17) is 16.3 Å². The number of fused-ring (bicyclic) bond motifs is 1. The number of halogens is 3. The van der Waals surface area contributed by atoms with E-state index in [9.17, 15) is 4.39 Å². The highest BCUT2D eigenvalue weighted by Gasteiger charge is 2.12. The molecule has 0 saturated heterocycles. The molecule has 0 fully saturated rings. The van der Waals surface area contributed by atoms with Crippen molar-refractivity contribution in [2.75, 3.05) is 0 Å². The van der Waals surface area contributed by atoms with E-state index in [1.165, 1.54) is 23.5 Å². The van der Waals surface area contributed by atoms with Gasteiger partial charge in [-0.15, -0.1) is 11.3 Å². The summed E-state index contributed by atoms with van der Waals surface area (Å²) < 4.78 is 19.9. The predicted molar refractivity (Wildman–Crippen MR) is 76.6 cm³/mol. The standard InChI is InChI=1S/C12H5BrClFN2OS/c13-6-1-2-8(15)9(5-6)18-10-7-3-4-19-11(7)17-12(14)16-10/h1-5H. The number of benzene rings is 1. The van der Waals surface area contributed by atoms with E-state index in [-0.39, 0.29) is 16.9 Å². The van der Waals surface area contributed by atoms with Crippen molar-refractivity contribution >= 4 is 49.1 Å². The highest BCUT2D eigenvalue weighted by molar-refractivity contribution is 9.10. The second-order valence-electron chi connectivity index (χ2n) is 3.61. The van der Waals surface area contributed by atoms with Gasteiger partial charge < -0.3 is 4.74 Å². The Morgan fingerprint density at radius 3 is 2.95 bits per heavy atom. The van der Waals surface area contributed by atoms with Crippen molar-refractivity contribution in [3.05, 3.63) is 45.2 Å². The molecule has 0 atom stereocenters. The predicted octanol–water partition coefficient (Wildman–Crippen LogP) is 5.04. The van der Waals surface area contributed by atoms with E-state index < -0.39 is 5.82 Å². The van der Waals surface area contributed by atoms with Crippen molar-refractivity contribution in [2.24, 2.45) is 0 Å². The Bertz CT molecular complexity index is 765. The summed E-state index contributed by atoms with van der Waals surface area (Å²) in [6, 6.07) is 6.24.